The zero-order chi connectivity index (χ0) is 18.8. The molecule has 7 heteroatoms. The van der Waals surface area contributed by atoms with Gasteiger partial charge in [0.15, 0.2) is 5.96 Å². The van der Waals surface area contributed by atoms with E-state index in [-0.39, 0.29) is 0 Å². The van der Waals surface area contributed by atoms with Crippen molar-refractivity contribution in [1.82, 2.24) is 10.2 Å². The van der Waals surface area contributed by atoms with Crippen molar-refractivity contribution >= 4 is 28.4 Å². The quantitative estimate of drug-likeness (QED) is 0.553. The molecule has 0 spiro atoms. The third-order valence-corrected chi connectivity index (χ3v) is 5.28. The maximum atomic E-state index is 12.2. The van der Waals surface area contributed by atoms with Crippen LogP contribution in [0.1, 0.15) is 0 Å². The van der Waals surface area contributed by atoms with Crippen LogP contribution in [0, 0.1) is 0 Å². The average molecular weight is 394 g/mol. The number of nitrogens with one attached hydrogen (secondary N) is 1. The van der Waals surface area contributed by atoms with Crippen LogP contribution in [0.15, 0.2) is 64.5 Å². The van der Waals surface area contributed by atoms with Gasteiger partial charge in [0.25, 0.3) is 0 Å². The normalized spacial score (nSPS) is 12.5. The van der Waals surface area contributed by atoms with Crippen LogP contribution in [0.25, 0.3) is 0 Å². The minimum absolute atomic E-state index is 0.523. The summed E-state index contributed by atoms with van der Waals surface area (Å²) >= 11 is 5.86. The molecular weight excluding hydrogens is 370 g/mol. The molecule has 2 aromatic rings. The summed E-state index contributed by atoms with van der Waals surface area (Å²) < 4.78 is 17.9. The summed E-state index contributed by atoms with van der Waals surface area (Å²) in [5.41, 5.74) is 0. The SMILES string of the molecule is CN=C(NCCS(=O)c1ccccc1)N(C)CCOc1ccc(Cl)cc1. The predicted octanol–water partition coefficient (Wildman–Crippen LogP) is 3.03. The van der Waals surface area contributed by atoms with Crippen LogP contribution in [-0.2, 0) is 10.8 Å². The molecule has 0 aliphatic heterocycles. The summed E-state index contributed by atoms with van der Waals surface area (Å²) in [4.78, 5) is 7.07. The lowest BCUT2D eigenvalue weighted by atomic mass is 10.3. The van der Waals surface area contributed by atoms with Crippen molar-refractivity contribution < 1.29 is 8.95 Å². The van der Waals surface area contributed by atoms with Gasteiger partial charge in [-0.3, -0.25) is 9.20 Å². The second kappa shape index (κ2) is 10.8. The van der Waals surface area contributed by atoms with Crippen LogP contribution in [0.5, 0.6) is 5.75 Å². The number of halogens is 1. The smallest absolute Gasteiger partial charge is 0.193 e. The third kappa shape index (κ3) is 6.69. The lowest BCUT2D eigenvalue weighted by molar-refractivity contribution is 0.281. The van der Waals surface area contributed by atoms with Crippen LogP contribution >= 0.6 is 11.6 Å². The van der Waals surface area contributed by atoms with E-state index in [1.807, 2.05) is 54.4 Å². The van der Waals surface area contributed by atoms with Gasteiger partial charge in [0.05, 0.1) is 17.3 Å². The van der Waals surface area contributed by atoms with Gasteiger partial charge in [-0.05, 0) is 36.4 Å². The number of aliphatic imine (C=N–C) groups is 1. The fraction of sp³-hybridized carbons (Fsp3) is 0.316. The van der Waals surface area contributed by atoms with Crippen LogP contribution in [0.3, 0.4) is 0 Å². The molecule has 0 aliphatic rings. The van der Waals surface area contributed by atoms with E-state index in [1.165, 1.54) is 0 Å². The maximum Gasteiger partial charge on any atom is 0.193 e. The van der Waals surface area contributed by atoms with Crippen LogP contribution < -0.4 is 10.1 Å². The fourth-order valence-electron chi connectivity index (χ4n) is 2.27. The minimum atomic E-state index is -1.02. The summed E-state index contributed by atoms with van der Waals surface area (Å²) in [5.74, 6) is 2.05. The Morgan fingerprint density at radius 2 is 1.88 bits per heavy atom. The van der Waals surface area contributed by atoms with E-state index in [0.717, 1.165) is 16.6 Å². The number of hydrogen-bond acceptors (Lipinski definition) is 3. The minimum Gasteiger partial charge on any atom is -0.492 e. The Bertz CT molecular complexity index is 723. The Labute approximate surface area is 162 Å². The lowest BCUT2D eigenvalue weighted by Gasteiger charge is -2.22. The van der Waals surface area contributed by atoms with E-state index in [1.54, 1.807) is 19.2 Å². The highest BCUT2D eigenvalue weighted by molar-refractivity contribution is 7.85. The van der Waals surface area contributed by atoms with Gasteiger partial charge in [-0.1, -0.05) is 29.8 Å². The number of guanidine groups is 1. The van der Waals surface area contributed by atoms with Crippen molar-refractivity contribution in [3.05, 3.63) is 59.6 Å². The molecule has 0 fully saturated rings. The van der Waals surface area contributed by atoms with E-state index in [9.17, 15) is 4.21 Å². The van der Waals surface area contributed by atoms with E-state index in [0.29, 0.717) is 30.5 Å². The molecule has 2 rings (SSSR count). The van der Waals surface area contributed by atoms with Gasteiger partial charge in [0, 0.05) is 36.3 Å². The van der Waals surface area contributed by atoms with E-state index < -0.39 is 10.8 Å². The molecule has 140 valence electrons. The maximum absolute atomic E-state index is 12.2. The summed E-state index contributed by atoms with van der Waals surface area (Å²) in [6, 6.07) is 16.8. The molecule has 0 radical (unpaired) electrons. The summed E-state index contributed by atoms with van der Waals surface area (Å²) in [5, 5.41) is 3.92. The molecule has 0 heterocycles. The van der Waals surface area contributed by atoms with Gasteiger partial charge in [0.2, 0.25) is 0 Å². The molecule has 1 unspecified atom stereocenters. The van der Waals surface area contributed by atoms with Crippen molar-refractivity contribution in [3.8, 4) is 5.75 Å². The summed E-state index contributed by atoms with van der Waals surface area (Å²) in [6.07, 6.45) is 0. The highest BCUT2D eigenvalue weighted by atomic mass is 35.5. The molecule has 0 saturated heterocycles. The van der Waals surface area contributed by atoms with E-state index in [2.05, 4.69) is 10.3 Å². The zero-order valence-corrected chi connectivity index (χ0v) is 16.6. The lowest BCUT2D eigenvalue weighted by Crippen LogP contribution is -2.42. The largest absolute Gasteiger partial charge is 0.492 e. The van der Waals surface area contributed by atoms with Gasteiger partial charge < -0.3 is 15.0 Å². The molecule has 5 nitrogen and oxygen atoms in total. The second-order valence-electron chi connectivity index (χ2n) is 5.56. The van der Waals surface area contributed by atoms with Crippen molar-refractivity contribution in [2.75, 3.05) is 39.5 Å². The van der Waals surface area contributed by atoms with Gasteiger partial charge in [-0.2, -0.15) is 0 Å². The molecule has 1 atom stereocenters. The number of nitrogens with zero attached hydrogens (tertiary/aromatic N) is 2. The number of likely N-dealkylation sites (N-methyl/N-ethyl adjacent to an activating group) is 1. The molecule has 0 amide bonds. The van der Waals surface area contributed by atoms with E-state index >= 15 is 0 Å². The molecule has 0 aromatic heterocycles. The van der Waals surface area contributed by atoms with Gasteiger partial charge in [-0.15, -0.1) is 0 Å². The topological polar surface area (TPSA) is 53.9 Å². The Morgan fingerprint density at radius 3 is 2.54 bits per heavy atom. The van der Waals surface area contributed by atoms with Crippen molar-refractivity contribution in [3.63, 3.8) is 0 Å². The van der Waals surface area contributed by atoms with Crippen LogP contribution in [0.4, 0.5) is 0 Å². The Hall–Kier alpha value is -2.05. The molecule has 1 N–H and O–H groups in total. The first kappa shape index (κ1) is 20.3. The number of benzene rings is 2. The fourth-order valence-corrected chi connectivity index (χ4v) is 3.38. The Balaban J connectivity index is 1.71. The van der Waals surface area contributed by atoms with E-state index in [4.69, 9.17) is 16.3 Å². The molecule has 0 aliphatic carbocycles. The van der Waals surface area contributed by atoms with Gasteiger partial charge in [0.1, 0.15) is 12.4 Å². The summed E-state index contributed by atoms with van der Waals surface area (Å²) in [7, 11) is 2.65. The van der Waals surface area contributed by atoms with Gasteiger partial charge >= 0.3 is 0 Å². The van der Waals surface area contributed by atoms with Crippen molar-refractivity contribution in [1.29, 1.82) is 0 Å². The first-order valence-corrected chi connectivity index (χ1v) is 10.0. The third-order valence-electron chi connectivity index (χ3n) is 3.66. The molecule has 2 aromatic carbocycles. The Morgan fingerprint density at radius 1 is 1.19 bits per heavy atom. The number of ether oxygens (including phenoxy) is 1. The number of rotatable bonds is 8. The molecular formula is C19H24ClN3O2S. The highest BCUT2D eigenvalue weighted by Crippen LogP contribution is 2.15. The first-order valence-electron chi connectivity index (χ1n) is 8.33. The molecule has 26 heavy (non-hydrogen) atoms. The number of hydrogen-bond donors (Lipinski definition) is 1. The van der Waals surface area contributed by atoms with Crippen LogP contribution in [0.2, 0.25) is 5.02 Å². The first-order chi connectivity index (χ1) is 12.6. The van der Waals surface area contributed by atoms with Gasteiger partial charge in [-0.25, -0.2) is 0 Å². The monoisotopic (exact) mass is 393 g/mol. The van der Waals surface area contributed by atoms with Crippen molar-refractivity contribution in [2.24, 2.45) is 4.99 Å². The average Bonchev–Trinajstić information content (AvgIpc) is 2.67. The van der Waals surface area contributed by atoms with Crippen LogP contribution in [-0.4, -0.2) is 54.6 Å². The van der Waals surface area contributed by atoms with Crippen molar-refractivity contribution in [2.45, 2.75) is 4.90 Å². The molecule has 0 bridgehead atoms. The standard InChI is InChI=1S/C19H24ClN3O2S/c1-21-19(22-12-15-26(24)18-6-4-3-5-7-18)23(2)13-14-25-17-10-8-16(20)9-11-17/h3-11H,12-15H2,1-2H3,(H,21,22). The predicted molar refractivity (Wildman–Crippen MR) is 109 cm³/mol. The second-order valence-corrected chi connectivity index (χ2v) is 7.57. The Kier molecular flexibility index (Phi) is 8.44. The summed E-state index contributed by atoms with van der Waals surface area (Å²) in [6.45, 7) is 1.77. The molecule has 0 saturated carbocycles. The highest BCUT2D eigenvalue weighted by Gasteiger charge is 2.07. The zero-order valence-electron chi connectivity index (χ0n) is 15.0.